The van der Waals surface area contributed by atoms with Crippen molar-refractivity contribution in [2.24, 2.45) is 7.05 Å². The van der Waals surface area contributed by atoms with Crippen LogP contribution in [-0.2, 0) is 23.5 Å². The lowest BCUT2D eigenvalue weighted by Crippen LogP contribution is -2.28. The molecule has 0 saturated carbocycles. The average molecular weight is 286 g/mol. The van der Waals surface area contributed by atoms with Gasteiger partial charge in [0.2, 0.25) is 10.0 Å². The second-order valence-corrected chi connectivity index (χ2v) is 6.88. The predicted octanol–water partition coefficient (Wildman–Crippen LogP) is 0.740. The molecule has 0 unspecified atom stereocenters. The number of hydrogen-bond donors (Lipinski definition) is 0. The summed E-state index contributed by atoms with van der Waals surface area (Å²) in [5, 5.41) is 6.69. The molecule has 18 heavy (non-hydrogen) atoms. The molecule has 0 aromatic carbocycles. The third-order valence-corrected chi connectivity index (χ3v) is 5.16. The fourth-order valence-electron chi connectivity index (χ4n) is 1.46. The van der Waals surface area contributed by atoms with Gasteiger partial charge in [0.1, 0.15) is 4.90 Å². The van der Waals surface area contributed by atoms with Crippen molar-refractivity contribution in [1.29, 1.82) is 0 Å². The van der Waals surface area contributed by atoms with Gasteiger partial charge in [0, 0.05) is 44.8 Å². The molecule has 0 spiro atoms. The lowest BCUT2D eigenvalue weighted by molar-refractivity contribution is 0.472. The molecule has 2 rings (SSSR count). The van der Waals surface area contributed by atoms with Crippen LogP contribution in [0.1, 0.15) is 5.01 Å². The Kier molecular flexibility index (Phi) is 3.79. The molecule has 8 heteroatoms. The fraction of sp³-hybridized carbons (Fsp3) is 0.400. The highest BCUT2D eigenvalue weighted by molar-refractivity contribution is 7.89. The molecule has 2 aromatic heterocycles. The SMILES string of the molecule is CN(CCc1nccs1)S(=O)(=O)c1cnn(C)c1. The fourth-order valence-corrected chi connectivity index (χ4v) is 3.23. The summed E-state index contributed by atoms with van der Waals surface area (Å²) in [5.41, 5.74) is 0. The molecule has 0 aliphatic heterocycles. The minimum atomic E-state index is -3.44. The second-order valence-electron chi connectivity index (χ2n) is 3.85. The first-order valence-corrected chi connectivity index (χ1v) is 7.65. The van der Waals surface area contributed by atoms with Crippen molar-refractivity contribution >= 4 is 21.4 Å². The van der Waals surface area contributed by atoms with Crippen molar-refractivity contribution in [3.63, 3.8) is 0 Å². The van der Waals surface area contributed by atoms with Gasteiger partial charge in [-0.15, -0.1) is 11.3 Å². The first-order valence-electron chi connectivity index (χ1n) is 5.33. The van der Waals surface area contributed by atoms with Crippen LogP contribution in [0.5, 0.6) is 0 Å². The van der Waals surface area contributed by atoms with Gasteiger partial charge in [-0.25, -0.2) is 17.7 Å². The Hall–Kier alpha value is -1.25. The molecule has 2 heterocycles. The maximum atomic E-state index is 12.2. The van der Waals surface area contributed by atoms with E-state index in [2.05, 4.69) is 10.1 Å². The number of aromatic nitrogens is 3. The lowest BCUT2D eigenvalue weighted by Gasteiger charge is -2.14. The summed E-state index contributed by atoms with van der Waals surface area (Å²) >= 11 is 1.53. The summed E-state index contributed by atoms with van der Waals surface area (Å²) in [6.45, 7) is 0.407. The Bertz CT molecular complexity index is 604. The van der Waals surface area contributed by atoms with Crippen molar-refractivity contribution in [2.75, 3.05) is 13.6 Å². The minimum Gasteiger partial charge on any atom is -0.274 e. The van der Waals surface area contributed by atoms with Crippen LogP contribution >= 0.6 is 11.3 Å². The molecule has 0 saturated heterocycles. The number of thiazole rings is 1. The monoisotopic (exact) mass is 286 g/mol. The molecule has 0 N–H and O–H groups in total. The normalized spacial score (nSPS) is 12.2. The molecular weight excluding hydrogens is 272 g/mol. The number of hydrogen-bond acceptors (Lipinski definition) is 5. The number of nitrogens with zero attached hydrogens (tertiary/aromatic N) is 4. The van der Waals surface area contributed by atoms with Gasteiger partial charge in [-0.05, 0) is 0 Å². The summed E-state index contributed by atoms with van der Waals surface area (Å²) < 4.78 is 27.1. The molecule has 0 aliphatic rings. The lowest BCUT2D eigenvalue weighted by atomic mass is 10.4. The molecule has 0 atom stereocenters. The molecule has 0 fully saturated rings. The third-order valence-electron chi connectivity index (χ3n) is 2.51. The zero-order chi connectivity index (χ0) is 13.2. The van der Waals surface area contributed by atoms with E-state index < -0.39 is 10.0 Å². The van der Waals surface area contributed by atoms with Gasteiger partial charge in [-0.3, -0.25) is 4.68 Å². The first kappa shape index (κ1) is 13.2. The van der Waals surface area contributed by atoms with E-state index in [0.717, 1.165) is 5.01 Å². The maximum Gasteiger partial charge on any atom is 0.245 e. The molecule has 6 nitrogen and oxygen atoms in total. The zero-order valence-electron chi connectivity index (χ0n) is 10.1. The van der Waals surface area contributed by atoms with Crippen LogP contribution in [0.2, 0.25) is 0 Å². The van der Waals surface area contributed by atoms with Gasteiger partial charge in [0.25, 0.3) is 0 Å². The summed E-state index contributed by atoms with van der Waals surface area (Å²) in [7, 11) is -0.190. The minimum absolute atomic E-state index is 0.214. The molecule has 0 aliphatic carbocycles. The Morgan fingerprint density at radius 2 is 2.28 bits per heavy atom. The van der Waals surface area contributed by atoms with Crippen LogP contribution < -0.4 is 0 Å². The van der Waals surface area contributed by atoms with E-state index >= 15 is 0 Å². The van der Waals surface area contributed by atoms with Gasteiger partial charge in [-0.1, -0.05) is 0 Å². The Labute approximate surface area is 110 Å². The van der Waals surface area contributed by atoms with Crippen LogP contribution in [0.4, 0.5) is 0 Å². The summed E-state index contributed by atoms with van der Waals surface area (Å²) in [6, 6.07) is 0. The number of rotatable bonds is 5. The van der Waals surface area contributed by atoms with E-state index in [0.29, 0.717) is 13.0 Å². The third kappa shape index (κ3) is 2.77. The van der Waals surface area contributed by atoms with E-state index in [9.17, 15) is 8.42 Å². The highest BCUT2D eigenvalue weighted by Gasteiger charge is 2.22. The highest BCUT2D eigenvalue weighted by Crippen LogP contribution is 2.14. The molecule has 98 valence electrons. The predicted molar refractivity (Wildman–Crippen MR) is 68.8 cm³/mol. The maximum absolute atomic E-state index is 12.2. The molecule has 0 bridgehead atoms. The average Bonchev–Trinajstić information content (AvgIpc) is 2.96. The quantitative estimate of drug-likeness (QED) is 0.813. The van der Waals surface area contributed by atoms with Crippen LogP contribution in [0, 0.1) is 0 Å². The zero-order valence-corrected chi connectivity index (χ0v) is 11.8. The van der Waals surface area contributed by atoms with Crippen LogP contribution in [0.25, 0.3) is 0 Å². The number of aryl methyl sites for hydroxylation is 1. The topological polar surface area (TPSA) is 68.1 Å². The van der Waals surface area contributed by atoms with Crippen LogP contribution in [0.15, 0.2) is 28.9 Å². The van der Waals surface area contributed by atoms with E-state index in [-0.39, 0.29) is 4.90 Å². The van der Waals surface area contributed by atoms with Crippen molar-refractivity contribution in [1.82, 2.24) is 19.1 Å². The summed E-state index contributed by atoms with van der Waals surface area (Å²) in [4.78, 5) is 4.34. The Balaban J connectivity index is 2.06. The van der Waals surface area contributed by atoms with Gasteiger partial charge in [-0.2, -0.15) is 5.10 Å². The smallest absolute Gasteiger partial charge is 0.245 e. The van der Waals surface area contributed by atoms with E-state index in [4.69, 9.17) is 0 Å². The van der Waals surface area contributed by atoms with Crippen LogP contribution in [0.3, 0.4) is 0 Å². The number of likely N-dealkylation sites (N-methyl/N-ethyl adjacent to an activating group) is 1. The van der Waals surface area contributed by atoms with Crippen molar-refractivity contribution in [3.8, 4) is 0 Å². The summed E-state index contributed by atoms with van der Waals surface area (Å²) in [5.74, 6) is 0. The molecule has 0 radical (unpaired) electrons. The largest absolute Gasteiger partial charge is 0.274 e. The molecule has 2 aromatic rings. The van der Waals surface area contributed by atoms with E-state index in [1.807, 2.05) is 5.38 Å². The van der Waals surface area contributed by atoms with E-state index in [1.54, 1.807) is 20.3 Å². The first-order chi connectivity index (χ1) is 8.50. The van der Waals surface area contributed by atoms with Gasteiger partial charge in [0.05, 0.1) is 11.2 Å². The standard InChI is InChI=1S/C10H14N4O2S2/c1-13-8-9(7-12-13)18(15,16)14(2)5-3-10-11-4-6-17-10/h4,6-8H,3,5H2,1-2H3. The Morgan fingerprint density at radius 1 is 1.50 bits per heavy atom. The number of sulfonamides is 1. The molecule has 0 amide bonds. The van der Waals surface area contributed by atoms with E-state index in [1.165, 1.54) is 32.7 Å². The van der Waals surface area contributed by atoms with Gasteiger partial charge < -0.3 is 0 Å². The Morgan fingerprint density at radius 3 is 2.83 bits per heavy atom. The van der Waals surface area contributed by atoms with Crippen molar-refractivity contribution in [3.05, 3.63) is 29.0 Å². The van der Waals surface area contributed by atoms with Crippen molar-refractivity contribution in [2.45, 2.75) is 11.3 Å². The van der Waals surface area contributed by atoms with Gasteiger partial charge >= 0.3 is 0 Å². The second kappa shape index (κ2) is 5.17. The van der Waals surface area contributed by atoms with Gasteiger partial charge in [0.15, 0.2) is 0 Å². The van der Waals surface area contributed by atoms with Crippen LogP contribution in [-0.4, -0.2) is 41.1 Å². The van der Waals surface area contributed by atoms with Crippen molar-refractivity contribution < 1.29 is 8.42 Å². The highest BCUT2D eigenvalue weighted by atomic mass is 32.2. The molecular formula is C10H14N4O2S2. The summed E-state index contributed by atoms with van der Waals surface area (Å²) in [6.07, 6.45) is 5.19.